The standard InChI is InChI=1S/C28H35FN6O3/c1-17(31-26-30-11-10-25(32-26)35-27(37)38-16-28(35,3)21-6-7-21)19-4-5-20(24(29)12-19)13-33-14-22-8-9-23(15-33)34(22)18(2)36/h4-5,10-12,17,21-23H,6-9,13-16H2,1-3H3,(H,30,31,32)/t17-,22?,23?,28+/m0/s1. The number of piperazine rings is 1. The second-order valence-electron chi connectivity index (χ2n) is 11.5. The highest BCUT2D eigenvalue weighted by atomic mass is 19.1. The maximum atomic E-state index is 15.2. The minimum atomic E-state index is -0.397. The number of anilines is 2. The minimum absolute atomic E-state index is 0.140. The number of carbonyl (C=O) groups excluding carboxylic acids is 2. The van der Waals surface area contributed by atoms with Gasteiger partial charge in [-0.3, -0.25) is 14.6 Å². The first kappa shape index (κ1) is 25.0. The lowest BCUT2D eigenvalue weighted by molar-refractivity contribution is -0.134. The SMILES string of the molecule is CC(=O)N1C2CCC1CN(Cc1ccc([C@H](C)Nc3nccc(N4C(=O)OC[C@]4(C)C4CC4)n3)cc1F)C2. The van der Waals surface area contributed by atoms with Crippen LogP contribution in [0.15, 0.2) is 30.5 Å². The van der Waals surface area contributed by atoms with E-state index in [4.69, 9.17) is 4.74 Å². The number of ether oxygens (including phenoxy) is 1. The van der Waals surface area contributed by atoms with Crippen molar-refractivity contribution >= 4 is 23.8 Å². The summed E-state index contributed by atoms with van der Waals surface area (Å²) in [6, 6.07) is 7.29. The highest BCUT2D eigenvalue weighted by Crippen LogP contribution is 2.47. The number of carbonyl (C=O) groups is 2. The summed E-state index contributed by atoms with van der Waals surface area (Å²) in [4.78, 5) is 39.4. The molecule has 2 bridgehead atoms. The van der Waals surface area contributed by atoms with Crippen LogP contribution in [0.5, 0.6) is 0 Å². The fourth-order valence-corrected chi connectivity index (χ4v) is 6.56. The topological polar surface area (TPSA) is 90.9 Å². The Balaban J connectivity index is 1.12. The molecule has 4 heterocycles. The van der Waals surface area contributed by atoms with Crippen LogP contribution in [0.1, 0.15) is 63.6 Å². The fourth-order valence-electron chi connectivity index (χ4n) is 6.56. The van der Waals surface area contributed by atoms with Crippen LogP contribution in [-0.4, -0.2) is 69.1 Å². The van der Waals surface area contributed by atoms with Crippen LogP contribution in [0.25, 0.3) is 0 Å². The second kappa shape index (κ2) is 9.48. The van der Waals surface area contributed by atoms with E-state index in [0.29, 0.717) is 36.4 Å². The van der Waals surface area contributed by atoms with Crippen molar-refractivity contribution in [3.8, 4) is 0 Å². The third-order valence-electron chi connectivity index (χ3n) is 8.75. The van der Waals surface area contributed by atoms with Gasteiger partial charge in [-0.05, 0) is 63.1 Å². The van der Waals surface area contributed by atoms with Gasteiger partial charge in [0, 0.05) is 50.4 Å². The molecular weight excluding hydrogens is 487 g/mol. The number of hydrogen-bond acceptors (Lipinski definition) is 7. The zero-order valence-electron chi connectivity index (χ0n) is 22.2. The lowest BCUT2D eigenvalue weighted by Gasteiger charge is -2.40. The molecule has 3 saturated heterocycles. The van der Waals surface area contributed by atoms with E-state index in [2.05, 4.69) is 20.2 Å². The predicted molar refractivity (Wildman–Crippen MR) is 140 cm³/mol. The number of halogens is 1. The molecule has 2 aromatic rings. The van der Waals surface area contributed by atoms with Crippen LogP contribution < -0.4 is 10.2 Å². The van der Waals surface area contributed by atoms with Gasteiger partial charge in [-0.2, -0.15) is 4.98 Å². The lowest BCUT2D eigenvalue weighted by atomic mass is 9.96. The monoisotopic (exact) mass is 522 g/mol. The Morgan fingerprint density at radius 3 is 2.61 bits per heavy atom. The summed E-state index contributed by atoms with van der Waals surface area (Å²) in [6.45, 7) is 8.08. The average Bonchev–Trinajstić information content (AvgIpc) is 3.64. The Morgan fingerprint density at radius 2 is 1.95 bits per heavy atom. The molecule has 1 N–H and O–H groups in total. The molecule has 1 aromatic carbocycles. The number of benzene rings is 1. The number of hydrogen-bond donors (Lipinski definition) is 1. The first-order valence-corrected chi connectivity index (χ1v) is 13.6. The number of rotatable bonds is 7. The number of nitrogens with zero attached hydrogens (tertiary/aromatic N) is 5. The quantitative estimate of drug-likeness (QED) is 0.585. The van der Waals surface area contributed by atoms with Crippen molar-refractivity contribution in [1.29, 1.82) is 0 Å². The van der Waals surface area contributed by atoms with Gasteiger partial charge >= 0.3 is 6.09 Å². The zero-order chi connectivity index (χ0) is 26.6. The molecule has 4 atom stereocenters. The fraction of sp³-hybridized carbons (Fsp3) is 0.571. The van der Waals surface area contributed by atoms with Crippen molar-refractivity contribution in [2.45, 2.75) is 76.7 Å². The van der Waals surface area contributed by atoms with Crippen LogP contribution in [0.2, 0.25) is 0 Å². The molecule has 9 nitrogen and oxygen atoms in total. The summed E-state index contributed by atoms with van der Waals surface area (Å²) in [7, 11) is 0. The third kappa shape index (κ3) is 4.48. The van der Waals surface area contributed by atoms with Crippen LogP contribution in [0.4, 0.5) is 21.0 Å². The van der Waals surface area contributed by atoms with Crippen molar-refractivity contribution in [3.05, 3.63) is 47.4 Å². The Hall–Kier alpha value is -3.27. The molecule has 10 heteroatoms. The Kier molecular flexibility index (Phi) is 6.25. The third-order valence-corrected chi connectivity index (χ3v) is 8.75. The molecule has 0 radical (unpaired) electrons. The van der Waals surface area contributed by atoms with Crippen LogP contribution in [-0.2, 0) is 16.1 Å². The van der Waals surface area contributed by atoms with E-state index >= 15 is 4.39 Å². The molecule has 4 aliphatic rings. The molecule has 38 heavy (non-hydrogen) atoms. The van der Waals surface area contributed by atoms with E-state index in [9.17, 15) is 9.59 Å². The molecule has 1 aromatic heterocycles. The summed E-state index contributed by atoms with van der Waals surface area (Å²) >= 11 is 0. The minimum Gasteiger partial charge on any atom is -0.447 e. The molecule has 1 aliphatic carbocycles. The molecule has 202 valence electrons. The van der Waals surface area contributed by atoms with E-state index < -0.39 is 5.54 Å². The van der Waals surface area contributed by atoms with Gasteiger partial charge in [-0.25, -0.2) is 14.2 Å². The number of fused-ring (bicyclic) bond motifs is 2. The maximum absolute atomic E-state index is 15.2. The number of amides is 2. The Morgan fingerprint density at radius 1 is 1.21 bits per heavy atom. The van der Waals surface area contributed by atoms with E-state index in [1.807, 2.05) is 30.9 Å². The van der Waals surface area contributed by atoms with Crippen molar-refractivity contribution in [1.82, 2.24) is 19.8 Å². The second-order valence-corrected chi connectivity index (χ2v) is 11.5. The van der Waals surface area contributed by atoms with E-state index in [-0.39, 0.29) is 35.9 Å². The predicted octanol–water partition coefficient (Wildman–Crippen LogP) is 4.11. The highest BCUT2D eigenvalue weighted by Gasteiger charge is 2.54. The normalized spacial score (nSPS) is 27.9. The number of aromatic nitrogens is 2. The van der Waals surface area contributed by atoms with Gasteiger partial charge < -0.3 is 15.0 Å². The molecule has 2 unspecified atom stereocenters. The first-order chi connectivity index (χ1) is 18.2. The Labute approximate surface area is 222 Å². The summed E-state index contributed by atoms with van der Waals surface area (Å²) in [5, 5.41) is 3.26. The van der Waals surface area contributed by atoms with Gasteiger partial charge in [0.25, 0.3) is 0 Å². The van der Waals surface area contributed by atoms with Crippen molar-refractivity contribution in [3.63, 3.8) is 0 Å². The van der Waals surface area contributed by atoms with Gasteiger partial charge in [0.15, 0.2) is 0 Å². The van der Waals surface area contributed by atoms with E-state index in [1.165, 1.54) is 0 Å². The number of cyclic esters (lactones) is 1. The van der Waals surface area contributed by atoms with Crippen LogP contribution in [0, 0.1) is 11.7 Å². The van der Waals surface area contributed by atoms with Gasteiger partial charge in [-0.1, -0.05) is 12.1 Å². The average molecular weight is 523 g/mol. The molecule has 0 spiro atoms. The van der Waals surface area contributed by atoms with E-state index in [0.717, 1.165) is 44.3 Å². The van der Waals surface area contributed by atoms with Crippen molar-refractivity contribution in [2.75, 3.05) is 29.9 Å². The van der Waals surface area contributed by atoms with Crippen LogP contribution >= 0.6 is 0 Å². The summed E-state index contributed by atoms with van der Waals surface area (Å²) in [6.07, 6.45) is 5.44. The molecule has 4 fully saturated rings. The van der Waals surface area contributed by atoms with Crippen molar-refractivity contribution in [2.24, 2.45) is 5.92 Å². The van der Waals surface area contributed by atoms with Gasteiger partial charge in [-0.15, -0.1) is 0 Å². The smallest absolute Gasteiger partial charge is 0.416 e. The van der Waals surface area contributed by atoms with E-state index in [1.54, 1.807) is 30.2 Å². The van der Waals surface area contributed by atoms with Gasteiger partial charge in [0.1, 0.15) is 18.2 Å². The Bertz CT molecular complexity index is 1240. The molecule has 3 aliphatic heterocycles. The maximum Gasteiger partial charge on any atom is 0.416 e. The molecule has 1 saturated carbocycles. The largest absolute Gasteiger partial charge is 0.447 e. The molecule has 2 amide bonds. The van der Waals surface area contributed by atoms with Gasteiger partial charge in [0.2, 0.25) is 11.9 Å². The van der Waals surface area contributed by atoms with Crippen molar-refractivity contribution < 1.29 is 18.7 Å². The summed E-state index contributed by atoms with van der Waals surface area (Å²) in [5.74, 6) is 1.19. The number of likely N-dealkylation sites (tertiary alicyclic amines) is 1. The first-order valence-electron chi connectivity index (χ1n) is 13.6. The van der Waals surface area contributed by atoms with Gasteiger partial charge in [0.05, 0.1) is 11.6 Å². The summed E-state index contributed by atoms with van der Waals surface area (Å²) < 4.78 is 20.6. The lowest BCUT2D eigenvalue weighted by Crippen LogP contribution is -2.54. The van der Waals surface area contributed by atoms with Crippen LogP contribution in [0.3, 0.4) is 0 Å². The summed E-state index contributed by atoms with van der Waals surface area (Å²) in [5.41, 5.74) is 1.04. The zero-order valence-corrected chi connectivity index (χ0v) is 22.2. The number of nitrogens with one attached hydrogen (secondary N) is 1. The molecular formula is C28H35FN6O3. The highest BCUT2D eigenvalue weighted by molar-refractivity contribution is 5.90. The molecule has 6 rings (SSSR count).